The number of benzene rings is 1. The molecule has 7 heteroatoms. The summed E-state index contributed by atoms with van der Waals surface area (Å²) in [6.45, 7) is 0.372. The van der Waals surface area contributed by atoms with Gasteiger partial charge in [0.25, 0.3) is 5.91 Å². The van der Waals surface area contributed by atoms with Gasteiger partial charge in [0.2, 0.25) is 0 Å². The molecular weight excluding hydrogens is 278 g/mol. The third kappa shape index (κ3) is 3.40. The van der Waals surface area contributed by atoms with Gasteiger partial charge in [0.1, 0.15) is 6.54 Å². The molecule has 1 aromatic rings. The molecular formula is C13H13F4NO2. The monoisotopic (exact) mass is 291 g/mol. The number of likely N-dealkylation sites (tertiary alicyclic amines) is 1. The molecule has 0 N–H and O–H groups in total. The van der Waals surface area contributed by atoms with Gasteiger partial charge in [-0.3, -0.25) is 4.79 Å². The molecule has 0 bridgehead atoms. The minimum atomic E-state index is -4.45. The molecule has 2 rings (SSSR count). The molecule has 1 amide bonds. The molecule has 1 aromatic carbocycles. The van der Waals surface area contributed by atoms with Crippen LogP contribution in [0.4, 0.5) is 17.6 Å². The van der Waals surface area contributed by atoms with Gasteiger partial charge in [-0.25, -0.2) is 4.39 Å². The molecule has 110 valence electrons. The Morgan fingerprint density at radius 1 is 1.40 bits per heavy atom. The number of aryl methyl sites for hydroxylation is 1. The van der Waals surface area contributed by atoms with Crippen molar-refractivity contribution in [3.05, 3.63) is 29.6 Å². The Kier molecular flexibility index (Phi) is 3.87. The minimum Gasteiger partial charge on any atom is -0.477 e. The number of carbonyl (C=O) groups is 1. The predicted octanol–water partition coefficient (Wildman–Crippen LogP) is 2.68. The lowest BCUT2D eigenvalue weighted by Crippen LogP contribution is -2.38. The van der Waals surface area contributed by atoms with Gasteiger partial charge in [-0.1, -0.05) is 6.07 Å². The van der Waals surface area contributed by atoms with E-state index in [2.05, 4.69) is 0 Å². The van der Waals surface area contributed by atoms with Crippen LogP contribution in [0.1, 0.15) is 12.0 Å². The number of amides is 1. The lowest BCUT2D eigenvalue weighted by Gasteiger charge is -2.18. The van der Waals surface area contributed by atoms with Gasteiger partial charge in [0.15, 0.2) is 17.7 Å². The standard InChI is InChI=1S/C13H13F4NO2/c1-8-2-3-9(14)11(6-8)20-10-4-5-18(12(10)19)7-13(15,16)17/h2-3,6,10H,4-5,7H2,1H3/t10-/m1/s1. The van der Waals surface area contributed by atoms with E-state index < -0.39 is 30.5 Å². The van der Waals surface area contributed by atoms with Crippen molar-refractivity contribution in [2.75, 3.05) is 13.1 Å². The Morgan fingerprint density at radius 3 is 2.75 bits per heavy atom. The summed E-state index contributed by atoms with van der Waals surface area (Å²) in [6.07, 6.45) is -5.39. The van der Waals surface area contributed by atoms with Crippen LogP contribution in [0.3, 0.4) is 0 Å². The van der Waals surface area contributed by atoms with E-state index in [1.165, 1.54) is 18.2 Å². The topological polar surface area (TPSA) is 29.5 Å². The van der Waals surface area contributed by atoms with E-state index in [0.29, 0.717) is 4.90 Å². The number of hydrogen-bond acceptors (Lipinski definition) is 2. The summed E-state index contributed by atoms with van der Waals surface area (Å²) in [4.78, 5) is 12.4. The van der Waals surface area contributed by atoms with Crippen molar-refractivity contribution >= 4 is 5.91 Å². The van der Waals surface area contributed by atoms with Crippen molar-refractivity contribution < 1.29 is 27.1 Å². The number of carbonyl (C=O) groups excluding carboxylic acids is 1. The van der Waals surface area contributed by atoms with Gasteiger partial charge in [-0.2, -0.15) is 13.2 Å². The molecule has 1 aliphatic rings. The zero-order valence-electron chi connectivity index (χ0n) is 10.7. The Balaban J connectivity index is 2.05. The van der Waals surface area contributed by atoms with Gasteiger partial charge >= 0.3 is 6.18 Å². The maximum atomic E-state index is 13.5. The highest BCUT2D eigenvalue weighted by atomic mass is 19.4. The average Bonchev–Trinajstić information content (AvgIpc) is 2.64. The van der Waals surface area contributed by atoms with Crippen LogP contribution in [0.15, 0.2) is 18.2 Å². The van der Waals surface area contributed by atoms with E-state index in [9.17, 15) is 22.4 Å². The smallest absolute Gasteiger partial charge is 0.406 e. The fourth-order valence-corrected chi connectivity index (χ4v) is 2.05. The van der Waals surface area contributed by atoms with E-state index in [4.69, 9.17) is 4.74 Å². The molecule has 0 saturated carbocycles. The van der Waals surface area contributed by atoms with Gasteiger partial charge in [0.05, 0.1) is 0 Å². The number of ether oxygens (including phenoxy) is 1. The van der Waals surface area contributed by atoms with Crippen molar-refractivity contribution in [1.29, 1.82) is 0 Å². The van der Waals surface area contributed by atoms with Gasteiger partial charge in [-0.15, -0.1) is 0 Å². The fourth-order valence-electron chi connectivity index (χ4n) is 2.05. The van der Waals surface area contributed by atoms with Crippen molar-refractivity contribution in [3.63, 3.8) is 0 Å². The number of rotatable bonds is 3. The summed E-state index contributed by atoms with van der Waals surface area (Å²) in [5.41, 5.74) is 0.735. The summed E-state index contributed by atoms with van der Waals surface area (Å²) < 4.78 is 55.5. The lowest BCUT2D eigenvalue weighted by molar-refractivity contribution is -0.159. The maximum absolute atomic E-state index is 13.5. The van der Waals surface area contributed by atoms with Crippen LogP contribution in [0.5, 0.6) is 5.75 Å². The first kappa shape index (κ1) is 14.6. The largest absolute Gasteiger partial charge is 0.477 e. The molecule has 0 unspecified atom stereocenters. The third-order valence-electron chi connectivity index (χ3n) is 2.97. The van der Waals surface area contributed by atoms with Crippen LogP contribution < -0.4 is 4.74 Å². The SMILES string of the molecule is Cc1ccc(F)c(O[C@@H]2CCN(CC(F)(F)F)C2=O)c1. The van der Waals surface area contributed by atoms with Crippen LogP contribution in [0, 0.1) is 12.7 Å². The summed E-state index contributed by atoms with van der Waals surface area (Å²) in [7, 11) is 0. The van der Waals surface area contributed by atoms with Gasteiger partial charge in [-0.05, 0) is 24.6 Å². The highest BCUT2D eigenvalue weighted by Crippen LogP contribution is 2.25. The van der Waals surface area contributed by atoms with Crippen molar-refractivity contribution in [2.24, 2.45) is 0 Å². The number of alkyl halides is 3. The predicted molar refractivity (Wildman–Crippen MR) is 62.8 cm³/mol. The van der Waals surface area contributed by atoms with Crippen LogP contribution >= 0.6 is 0 Å². The molecule has 1 heterocycles. The van der Waals surface area contributed by atoms with Crippen LogP contribution in [-0.4, -0.2) is 36.2 Å². The quantitative estimate of drug-likeness (QED) is 0.801. The first-order chi connectivity index (χ1) is 9.26. The summed E-state index contributed by atoms with van der Waals surface area (Å²) in [6, 6.07) is 4.14. The second kappa shape index (κ2) is 5.30. The van der Waals surface area contributed by atoms with Gasteiger partial charge < -0.3 is 9.64 Å². The molecule has 0 radical (unpaired) electrons. The number of halogens is 4. The van der Waals surface area contributed by atoms with Crippen LogP contribution in [0.25, 0.3) is 0 Å². The minimum absolute atomic E-state index is 0.0452. The fraction of sp³-hybridized carbons (Fsp3) is 0.462. The number of nitrogens with zero attached hydrogens (tertiary/aromatic N) is 1. The van der Waals surface area contributed by atoms with E-state index in [0.717, 1.165) is 5.56 Å². The van der Waals surface area contributed by atoms with E-state index in [-0.39, 0.29) is 18.7 Å². The summed E-state index contributed by atoms with van der Waals surface area (Å²) in [5, 5.41) is 0. The highest BCUT2D eigenvalue weighted by Gasteiger charge is 2.40. The Labute approximate surface area is 113 Å². The highest BCUT2D eigenvalue weighted by molar-refractivity contribution is 5.83. The van der Waals surface area contributed by atoms with Gasteiger partial charge in [0, 0.05) is 13.0 Å². The zero-order chi connectivity index (χ0) is 14.9. The normalized spacial score (nSPS) is 19.6. The Bertz CT molecular complexity index is 516. The Morgan fingerprint density at radius 2 is 2.10 bits per heavy atom. The molecule has 1 aliphatic heterocycles. The maximum Gasteiger partial charge on any atom is 0.406 e. The van der Waals surface area contributed by atoms with Crippen molar-refractivity contribution in [3.8, 4) is 5.75 Å². The van der Waals surface area contributed by atoms with E-state index >= 15 is 0 Å². The Hall–Kier alpha value is -1.79. The van der Waals surface area contributed by atoms with Crippen LogP contribution in [0.2, 0.25) is 0 Å². The van der Waals surface area contributed by atoms with Crippen LogP contribution in [-0.2, 0) is 4.79 Å². The summed E-state index contributed by atoms with van der Waals surface area (Å²) >= 11 is 0. The molecule has 1 fully saturated rings. The van der Waals surface area contributed by atoms with Crippen molar-refractivity contribution in [2.45, 2.75) is 25.6 Å². The lowest BCUT2D eigenvalue weighted by atomic mass is 10.2. The molecule has 0 aromatic heterocycles. The third-order valence-corrected chi connectivity index (χ3v) is 2.97. The summed E-state index contributed by atoms with van der Waals surface area (Å²) in [5.74, 6) is -1.52. The second-order valence-corrected chi connectivity index (χ2v) is 4.70. The average molecular weight is 291 g/mol. The zero-order valence-corrected chi connectivity index (χ0v) is 10.7. The molecule has 3 nitrogen and oxygen atoms in total. The molecule has 1 atom stereocenters. The van der Waals surface area contributed by atoms with Crippen molar-refractivity contribution in [1.82, 2.24) is 4.90 Å². The van der Waals surface area contributed by atoms with E-state index in [1.54, 1.807) is 6.92 Å². The second-order valence-electron chi connectivity index (χ2n) is 4.70. The first-order valence-corrected chi connectivity index (χ1v) is 6.04. The molecule has 0 spiro atoms. The molecule has 1 saturated heterocycles. The molecule has 0 aliphatic carbocycles. The van der Waals surface area contributed by atoms with E-state index in [1.807, 2.05) is 0 Å². The molecule has 20 heavy (non-hydrogen) atoms. The number of hydrogen-bond donors (Lipinski definition) is 0. The first-order valence-electron chi connectivity index (χ1n) is 6.04.